The van der Waals surface area contributed by atoms with E-state index in [4.69, 9.17) is 4.74 Å². The van der Waals surface area contributed by atoms with Gasteiger partial charge in [-0.05, 0) is 24.6 Å². The molecule has 0 aliphatic carbocycles. The lowest BCUT2D eigenvalue weighted by atomic mass is 10.2. The van der Waals surface area contributed by atoms with Gasteiger partial charge in [-0.1, -0.05) is 29.8 Å². The van der Waals surface area contributed by atoms with E-state index in [9.17, 15) is 8.42 Å². The Hall–Kier alpha value is -1.34. The first-order valence-corrected chi connectivity index (χ1v) is 8.65. The fraction of sp³-hybridized carbons (Fsp3) is 0.357. The quantitative estimate of drug-likeness (QED) is 0.825. The van der Waals surface area contributed by atoms with Crippen LogP contribution in [0.4, 0.5) is 0 Å². The minimum Gasteiger partial charge on any atom is -0.495 e. The second kappa shape index (κ2) is 5.81. The van der Waals surface area contributed by atoms with Crippen molar-refractivity contribution >= 4 is 26.0 Å². The lowest BCUT2D eigenvalue weighted by molar-refractivity contribution is 0.402. The number of aryl methyl sites for hydroxylation is 1. The molecule has 1 aromatic heterocycles. The molecule has 0 atom stereocenters. The van der Waals surface area contributed by atoms with Crippen LogP contribution in [0.1, 0.15) is 31.2 Å². The van der Waals surface area contributed by atoms with E-state index in [-0.39, 0.29) is 10.8 Å². The van der Waals surface area contributed by atoms with Gasteiger partial charge < -0.3 is 4.74 Å². The average Bonchev–Trinajstić information content (AvgIpc) is 2.91. The SMILES string of the molecule is COc1cc(C)c(Br)cc1S(=O)(=O)n1ccnc1C(C)C. The molecule has 0 saturated heterocycles. The molecular formula is C14H17BrN2O3S. The van der Waals surface area contributed by atoms with Gasteiger partial charge in [0.15, 0.2) is 0 Å². The molecule has 2 rings (SSSR count). The van der Waals surface area contributed by atoms with Gasteiger partial charge in [-0.25, -0.2) is 17.4 Å². The number of rotatable bonds is 4. The molecule has 1 heterocycles. The number of hydrogen-bond donors (Lipinski definition) is 0. The van der Waals surface area contributed by atoms with E-state index in [1.807, 2.05) is 20.8 Å². The summed E-state index contributed by atoms with van der Waals surface area (Å²) in [5.74, 6) is 0.808. The number of nitrogens with zero attached hydrogens (tertiary/aromatic N) is 2. The molecular weight excluding hydrogens is 356 g/mol. The summed E-state index contributed by atoms with van der Waals surface area (Å²) < 4.78 is 32.9. The van der Waals surface area contributed by atoms with Gasteiger partial charge in [0.05, 0.1) is 7.11 Å². The number of ether oxygens (including phenoxy) is 1. The van der Waals surface area contributed by atoms with Gasteiger partial charge in [-0.2, -0.15) is 0 Å². The van der Waals surface area contributed by atoms with Gasteiger partial charge in [-0.3, -0.25) is 0 Å². The van der Waals surface area contributed by atoms with E-state index in [1.165, 1.54) is 23.5 Å². The summed E-state index contributed by atoms with van der Waals surface area (Å²) in [5, 5.41) is 0. The first-order chi connectivity index (χ1) is 9.78. The van der Waals surface area contributed by atoms with Gasteiger partial charge in [0.1, 0.15) is 16.5 Å². The van der Waals surface area contributed by atoms with Crippen LogP contribution >= 0.6 is 15.9 Å². The van der Waals surface area contributed by atoms with Gasteiger partial charge >= 0.3 is 0 Å². The Bertz CT molecular complexity index is 767. The molecule has 0 fully saturated rings. The van der Waals surface area contributed by atoms with E-state index in [0.29, 0.717) is 16.0 Å². The van der Waals surface area contributed by atoms with E-state index >= 15 is 0 Å². The molecule has 0 bridgehead atoms. The van der Waals surface area contributed by atoms with Crippen LogP contribution in [0.3, 0.4) is 0 Å². The van der Waals surface area contributed by atoms with E-state index < -0.39 is 10.0 Å². The van der Waals surface area contributed by atoms with Crippen LogP contribution in [-0.2, 0) is 10.0 Å². The molecule has 0 aliphatic rings. The smallest absolute Gasteiger partial charge is 0.272 e. The summed E-state index contributed by atoms with van der Waals surface area (Å²) in [7, 11) is -2.30. The number of imidazole rings is 1. The van der Waals surface area contributed by atoms with Gasteiger partial charge in [-0.15, -0.1) is 0 Å². The molecule has 2 aromatic rings. The predicted octanol–water partition coefficient (Wildman–Crippen LogP) is 3.32. The highest BCUT2D eigenvalue weighted by molar-refractivity contribution is 9.10. The van der Waals surface area contributed by atoms with Crippen LogP contribution in [0.5, 0.6) is 5.75 Å². The molecule has 0 saturated carbocycles. The van der Waals surface area contributed by atoms with Crippen LogP contribution in [0.25, 0.3) is 0 Å². The number of hydrogen-bond acceptors (Lipinski definition) is 4. The van der Waals surface area contributed by atoms with Gasteiger partial charge in [0.25, 0.3) is 10.0 Å². The summed E-state index contributed by atoms with van der Waals surface area (Å²) in [5.41, 5.74) is 0.903. The standard InChI is InChI=1S/C14H17BrN2O3S/c1-9(2)14-16-5-6-17(14)21(18,19)13-8-11(15)10(3)7-12(13)20-4/h5-9H,1-4H3. The third-order valence-corrected chi connectivity index (χ3v) is 5.69. The van der Waals surface area contributed by atoms with Crippen molar-refractivity contribution in [3.8, 4) is 5.75 Å². The fourth-order valence-electron chi connectivity index (χ4n) is 2.01. The second-order valence-electron chi connectivity index (χ2n) is 4.99. The van der Waals surface area contributed by atoms with Crippen molar-refractivity contribution in [3.05, 3.63) is 40.4 Å². The van der Waals surface area contributed by atoms with E-state index in [0.717, 1.165) is 5.56 Å². The van der Waals surface area contributed by atoms with Crippen molar-refractivity contribution in [2.75, 3.05) is 7.11 Å². The van der Waals surface area contributed by atoms with Crippen LogP contribution in [0.15, 0.2) is 33.9 Å². The highest BCUT2D eigenvalue weighted by atomic mass is 79.9. The third-order valence-electron chi connectivity index (χ3n) is 3.13. The molecule has 114 valence electrons. The Balaban J connectivity index is 2.70. The first-order valence-electron chi connectivity index (χ1n) is 6.42. The lowest BCUT2D eigenvalue weighted by Gasteiger charge is -2.15. The zero-order chi connectivity index (χ0) is 15.8. The summed E-state index contributed by atoms with van der Waals surface area (Å²) in [6.45, 7) is 5.67. The van der Waals surface area contributed by atoms with Crippen LogP contribution in [-0.4, -0.2) is 24.5 Å². The first kappa shape index (κ1) is 16.0. The summed E-state index contributed by atoms with van der Waals surface area (Å²) >= 11 is 3.37. The van der Waals surface area contributed by atoms with Gasteiger partial charge in [0, 0.05) is 22.8 Å². The molecule has 21 heavy (non-hydrogen) atoms. The average molecular weight is 373 g/mol. The number of aromatic nitrogens is 2. The third kappa shape index (κ3) is 2.85. The van der Waals surface area contributed by atoms with E-state index in [2.05, 4.69) is 20.9 Å². The lowest BCUT2D eigenvalue weighted by Crippen LogP contribution is -2.17. The Kier molecular flexibility index (Phi) is 4.43. The highest BCUT2D eigenvalue weighted by Gasteiger charge is 2.26. The maximum absolute atomic E-state index is 12.9. The van der Waals surface area contributed by atoms with Crippen molar-refractivity contribution in [1.29, 1.82) is 0 Å². The van der Waals surface area contributed by atoms with Crippen molar-refractivity contribution in [2.45, 2.75) is 31.6 Å². The largest absolute Gasteiger partial charge is 0.495 e. The maximum atomic E-state index is 12.9. The van der Waals surface area contributed by atoms with Crippen LogP contribution in [0, 0.1) is 6.92 Å². The Labute approximate surface area is 133 Å². The molecule has 7 heteroatoms. The van der Waals surface area contributed by atoms with Gasteiger partial charge in [0.2, 0.25) is 0 Å². The summed E-state index contributed by atoms with van der Waals surface area (Å²) in [4.78, 5) is 4.25. The van der Waals surface area contributed by atoms with Crippen molar-refractivity contribution in [3.63, 3.8) is 0 Å². The Morgan fingerprint density at radius 2 is 2.00 bits per heavy atom. The number of halogens is 1. The topological polar surface area (TPSA) is 61.2 Å². The minimum atomic E-state index is -3.75. The summed E-state index contributed by atoms with van der Waals surface area (Å²) in [6, 6.07) is 3.26. The molecule has 0 radical (unpaired) electrons. The summed E-state index contributed by atoms with van der Waals surface area (Å²) in [6.07, 6.45) is 2.94. The van der Waals surface area contributed by atoms with E-state index in [1.54, 1.807) is 12.1 Å². The van der Waals surface area contributed by atoms with Crippen LogP contribution < -0.4 is 4.74 Å². The zero-order valence-electron chi connectivity index (χ0n) is 12.3. The highest BCUT2D eigenvalue weighted by Crippen LogP contribution is 2.32. The van der Waals surface area contributed by atoms with Crippen molar-refractivity contribution < 1.29 is 13.2 Å². The second-order valence-corrected chi connectivity index (χ2v) is 7.63. The Morgan fingerprint density at radius 1 is 1.33 bits per heavy atom. The molecule has 5 nitrogen and oxygen atoms in total. The molecule has 0 spiro atoms. The number of benzene rings is 1. The predicted molar refractivity (Wildman–Crippen MR) is 84.3 cm³/mol. The Morgan fingerprint density at radius 3 is 2.57 bits per heavy atom. The monoisotopic (exact) mass is 372 g/mol. The molecule has 0 N–H and O–H groups in total. The number of methoxy groups -OCH3 is 1. The zero-order valence-corrected chi connectivity index (χ0v) is 14.7. The molecule has 0 amide bonds. The molecule has 0 unspecified atom stereocenters. The fourth-order valence-corrected chi connectivity index (χ4v) is 4.10. The minimum absolute atomic E-state index is 0.00495. The maximum Gasteiger partial charge on any atom is 0.272 e. The normalized spacial score (nSPS) is 11.9. The van der Waals surface area contributed by atoms with Crippen molar-refractivity contribution in [1.82, 2.24) is 8.96 Å². The van der Waals surface area contributed by atoms with Crippen molar-refractivity contribution in [2.24, 2.45) is 0 Å². The molecule has 0 aliphatic heterocycles. The molecule has 1 aromatic carbocycles. The van der Waals surface area contributed by atoms with Crippen LogP contribution in [0.2, 0.25) is 0 Å².